The summed E-state index contributed by atoms with van der Waals surface area (Å²) in [6.07, 6.45) is 4.25. The summed E-state index contributed by atoms with van der Waals surface area (Å²) in [4.78, 5) is 0. The van der Waals surface area contributed by atoms with E-state index in [0.717, 1.165) is 0 Å². The molecule has 0 saturated heterocycles. The summed E-state index contributed by atoms with van der Waals surface area (Å²) in [6, 6.07) is 0. The van der Waals surface area contributed by atoms with Crippen LogP contribution in [0.2, 0.25) is 0 Å². The SMILES string of the molecule is C=C/C=C/NS(=O)(=O)C(C)OC. The van der Waals surface area contributed by atoms with E-state index >= 15 is 0 Å². The molecule has 0 saturated carbocycles. The lowest BCUT2D eigenvalue weighted by atomic mass is 10.6. The quantitative estimate of drug-likeness (QED) is 0.647. The lowest BCUT2D eigenvalue weighted by Crippen LogP contribution is -2.29. The minimum atomic E-state index is -3.39. The molecule has 0 heterocycles. The maximum Gasteiger partial charge on any atom is 0.259 e. The number of methoxy groups -OCH3 is 1. The molecule has 0 radical (unpaired) electrons. The van der Waals surface area contributed by atoms with Crippen molar-refractivity contribution in [3.8, 4) is 0 Å². The van der Waals surface area contributed by atoms with Crippen molar-refractivity contribution in [1.82, 2.24) is 4.72 Å². The maximum absolute atomic E-state index is 11.1. The zero-order chi connectivity index (χ0) is 9.61. The van der Waals surface area contributed by atoms with E-state index in [1.54, 1.807) is 0 Å². The van der Waals surface area contributed by atoms with Gasteiger partial charge in [0.1, 0.15) is 0 Å². The van der Waals surface area contributed by atoms with Crippen molar-refractivity contribution < 1.29 is 13.2 Å². The Bertz CT molecular complexity index is 256. The zero-order valence-electron chi connectivity index (χ0n) is 7.15. The van der Waals surface area contributed by atoms with Gasteiger partial charge in [-0.25, -0.2) is 8.42 Å². The molecule has 4 nitrogen and oxygen atoms in total. The van der Waals surface area contributed by atoms with Crippen molar-refractivity contribution in [2.24, 2.45) is 0 Å². The lowest BCUT2D eigenvalue weighted by Gasteiger charge is -2.09. The number of nitrogens with one attached hydrogen (secondary N) is 1. The van der Waals surface area contributed by atoms with E-state index in [2.05, 4.69) is 16.0 Å². The number of ether oxygens (including phenoxy) is 1. The molecule has 1 atom stereocenters. The van der Waals surface area contributed by atoms with Crippen LogP contribution < -0.4 is 4.72 Å². The van der Waals surface area contributed by atoms with Crippen molar-refractivity contribution in [1.29, 1.82) is 0 Å². The topological polar surface area (TPSA) is 55.4 Å². The van der Waals surface area contributed by atoms with Crippen LogP contribution in [0.5, 0.6) is 0 Å². The third-order valence-electron chi connectivity index (χ3n) is 1.23. The van der Waals surface area contributed by atoms with Crippen LogP contribution in [0.3, 0.4) is 0 Å². The summed E-state index contributed by atoms with van der Waals surface area (Å²) in [5.74, 6) is 0. The van der Waals surface area contributed by atoms with Gasteiger partial charge in [0.15, 0.2) is 5.44 Å². The minimum absolute atomic E-state index is 0.855. The number of allylic oxidation sites excluding steroid dienone is 2. The Kier molecular flexibility index (Phi) is 4.61. The van der Waals surface area contributed by atoms with Gasteiger partial charge in [-0.3, -0.25) is 4.72 Å². The maximum atomic E-state index is 11.1. The van der Waals surface area contributed by atoms with Crippen LogP contribution in [-0.4, -0.2) is 21.0 Å². The first kappa shape index (κ1) is 11.2. The summed E-state index contributed by atoms with van der Waals surface area (Å²) in [5.41, 5.74) is -0.855. The fourth-order valence-corrected chi connectivity index (χ4v) is 1.14. The van der Waals surface area contributed by atoms with Crippen LogP contribution in [0.4, 0.5) is 0 Å². The van der Waals surface area contributed by atoms with Crippen molar-refractivity contribution in [3.63, 3.8) is 0 Å². The number of rotatable bonds is 5. The standard InChI is InChI=1S/C7H13NO3S/c1-4-5-6-8-12(9,10)7(2)11-3/h4-8H,1H2,2-3H3/b6-5+. The van der Waals surface area contributed by atoms with E-state index in [1.165, 1.54) is 32.4 Å². The Hall–Kier alpha value is -0.810. The average Bonchev–Trinajstić information content (AvgIpc) is 2.03. The van der Waals surface area contributed by atoms with E-state index in [1.807, 2.05) is 0 Å². The van der Waals surface area contributed by atoms with Crippen LogP contribution in [0.15, 0.2) is 24.9 Å². The minimum Gasteiger partial charge on any atom is -0.364 e. The average molecular weight is 191 g/mol. The van der Waals surface area contributed by atoms with Crippen LogP contribution in [0, 0.1) is 0 Å². The molecule has 1 N–H and O–H groups in total. The van der Waals surface area contributed by atoms with Gasteiger partial charge in [0.25, 0.3) is 10.0 Å². The zero-order valence-corrected chi connectivity index (χ0v) is 7.97. The molecular weight excluding hydrogens is 178 g/mol. The van der Waals surface area contributed by atoms with E-state index in [4.69, 9.17) is 0 Å². The molecule has 0 amide bonds. The van der Waals surface area contributed by atoms with E-state index < -0.39 is 15.5 Å². The predicted molar refractivity (Wildman–Crippen MR) is 47.9 cm³/mol. The van der Waals surface area contributed by atoms with Gasteiger partial charge >= 0.3 is 0 Å². The third-order valence-corrected chi connectivity index (χ3v) is 2.76. The molecule has 12 heavy (non-hydrogen) atoms. The van der Waals surface area contributed by atoms with Crippen LogP contribution in [-0.2, 0) is 14.8 Å². The molecular formula is C7H13NO3S. The van der Waals surface area contributed by atoms with Gasteiger partial charge in [-0.15, -0.1) is 0 Å². The number of hydrogen-bond acceptors (Lipinski definition) is 3. The van der Waals surface area contributed by atoms with Crippen molar-refractivity contribution in [2.75, 3.05) is 7.11 Å². The number of hydrogen-bond donors (Lipinski definition) is 1. The molecule has 0 aromatic heterocycles. The van der Waals surface area contributed by atoms with Gasteiger partial charge in [0.05, 0.1) is 0 Å². The molecule has 0 spiro atoms. The summed E-state index contributed by atoms with van der Waals surface area (Å²) in [7, 11) is -2.05. The monoisotopic (exact) mass is 191 g/mol. The van der Waals surface area contributed by atoms with Crippen LogP contribution in [0.1, 0.15) is 6.92 Å². The van der Waals surface area contributed by atoms with Crippen molar-refractivity contribution in [3.05, 3.63) is 24.9 Å². The normalized spacial score (nSPS) is 14.5. The molecule has 0 aromatic rings. The number of sulfonamides is 1. The second kappa shape index (κ2) is 4.95. The van der Waals surface area contributed by atoms with Crippen molar-refractivity contribution >= 4 is 10.0 Å². The molecule has 1 unspecified atom stereocenters. The molecule has 0 bridgehead atoms. The molecule has 70 valence electrons. The second-order valence-electron chi connectivity index (χ2n) is 2.06. The lowest BCUT2D eigenvalue weighted by molar-refractivity contribution is 0.177. The summed E-state index contributed by atoms with van der Waals surface area (Å²) in [5, 5.41) is 0. The van der Waals surface area contributed by atoms with E-state index in [9.17, 15) is 8.42 Å². The molecule has 0 aliphatic carbocycles. The van der Waals surface area contributed by atoms with Gasteiger partial charge in [-0.05, 0) is 13.0 Å². The molecule has 5 heteroatoms. The fraction of sp³-hybridized carbons (Fsp3) is 0.429. The summed E-state index contributed by atoms with van der Waals surface area (Å²) in [6.45, 7) is 4.84. The second-order valence-corrected chi connectivity index (χ2v) is 4.05. The first-order valence-electron chi connectivity index (χ1n) is 3.36. The highest BCUT2D eigenvalue weighted by atomic mass is 32.2. The summed E-state index contributed by atoms with van der Waals surface area (Å²) >= 11 is 0. The molecule has 0 aliphatic rings. The van der Waals surface area contributed by atoms with Gasteiger partial charge in [0.2, 0.25) is 0 Å². The van der Waals surface area contributed by atoms with Gasteiger partial charge in [0, 0.05) is 13.3 Å². The molecule has 0 aliphatic heterocycles. The molecule has 0 fully saturated rings. The first-order chi connectivity index (χ1) is 5.54. The molecule has 0 rings (SSSR count). The van der Waals surface area contributed by atoms with Crippen LogP contribution >= 0.6 is 0 Å². The van der Waals surface area contributed by atoms with Gasteiger partial charge < -0.3 is 4.74 Å². The molecule has 0 aromatic carbocycles. The fourth-order valence-electron chi connectivity index (χ4n) is 0.425. The van der Waals surface area contributed by atoms with Crippen molar-refractivity contribution in [2.45, 2.75) is 12.4 Å². The highest BCUT2D eigenvalue weighted by Crippen LogP contribution is 1.97. The Morgan fingerprint density at radius 3 is 2.58 bits per heavy atom. The largest absolute Gasteiger partial charge is 0.364 e. The third kappa shape index (κ3) is 3.54. The Morgan fingerprint density at radius 2 is 2.17 bits per heavy atom. The Labute approximate surface area is 73.0 Å². The van der Waals surface area contributed by atoms with Gasteiger partial charge in [-0.2, -0.15) is 0 Å². The highest BCUT2D eigenvalue weighted by Gasteiger charge is 2.17. The Morgan fingerprint density at radius 1 is 1.58 bits per heavy atom. The van der Waals surface area contributed by atoms with Crippen LogP contribution in [0.25, 0.3) is 0 Å². The van der Waals surface area contributed by atoms with E-state index in [-0.39, 0.29) is 0 Å². The first-order valence-corrected chi connectivity index (χ1v) is 4.90. The Balaban J connectivity index is 4.23. The highest BCUT2D eigenvalue weighted by molar-refractivity contribution is 7.90. The van der Waals surface area contributed by atoms with E-state index in [0.29, 0.717) is 0 Å². The predicted octanol–water partition coefficient (Wildman–Crippen LogP) is 0.598. The smallest absolute Gasteiger partial charge is 0.259 e. The van der Waals surface area contributed by atoms with Gasteiger partial charge in [-0.1, -0.05) is 12.7 Å². The summed E-state index contributed by atoms with van der Waals surface area (Å²) < 4.78 is 29.1.